The quantitative estimate of drug-likeness (QED) is 0.510. The molecule has 0 spiro atoms. The first-order chi connectivity index (χ1) is 7.20. The zero-order valence-corrected chi connectivity index (χ0v) is 16.4. The minimum absolute atomic E-state index is 0. The smallest absolute Gasteiger partial charge is 0.871 e. The number of carbonyl (C=O) groups is 1. The van der Waals surface area contributed by atoms with Crippen molar-refractivity contribution in [3.05, 3.63) is 26.6 Å². The third-order valence-electron chi connectivity index (χ3n) is 1.63. The second-order valence-corrected chi connectivity index (χ2v) is 6.04. The van der Waals surface area contributed by atoms with E-state index < -0.39 is 11.6 Å². The summed E-state index contributed by atoms with van der Waals surface area (Å²) in [5.41, 5.74) is -0.589. The van der Waals surface area contributed by atoms with E-state index in [1.54, 1.807) is 26.8 Å². The van der Waals surface area contributed by atoms with E-state index in [2.05, 4.69) is 31.9 Å². The first kappa shape index (κ1) is 18.1. The maximum Gasteiger partial charge on any atom is 1.00 e. The molecule has 1 aromatic carbocycles. The molecule has 0 fully saturated rings. The van der Waals surface area contributed by atoms with Crippen LogP contribution in [0.3, 0.4) is 0 Å². The molecule has 0 aliphatic heterocycles. The molecule has 1 aromatic rings. The second-order valence-electron chi connectivity index (χ2n) is 4.27. The van der Waals surface area contributed by atoms with Gasteiger partial charge in [0.2, 0.25) is 0 Å². The van der Waals surface area contributed by atoms with Crippen LogP contribution in [0.15, 0.2) is 21.1 Å². The Hall–Kier alpha value is 1.09. The van der Waals surface area contributed by atoms with Crippen LogP contribution < -0.4 is 56.5 Å². The maximum absolute atomic E-state index is 11.7. The van der Waals surface area contributed by atoms with Gasteiger partial charge in [-0.3, -0.25) is 0 Å². The number of halogens is 2. The van der Waals surface area contributed by atoms with Gasteiger partial charge in [0.1, 0.15) is 5.60 Å². The summed E-state index contributed by atoms with van der Waals surface area (Å²) in [5, 5.41) is 11.7. The fraction of sp³-hybridized carbons (Fsp3) is 0.364. The first-order valence-electron chi connectivity index (χ1n) is 4.60. The van der Waals surface area contributed by atoms with E-state index in [0.717, 1.165) is 0 Å². The van der Waals surface area contributed by atoms with Crippen LogP contribution >= 0.6 is 31.9 Å². The zero-order valence-electron chi connectivity index (χ0n) is 10.1. The van der Waals surface area contributed by atoms with E-state index in [1.807, 2.05) is 0 Å². The standard InChI is InChI=1S/C11H12Br2O3.K/c1-11(2,3)16-10(15)7-4-6(12)5-8(13)9(7)14;/h4-5,14H,1-3H3;/q;+1/p-1. The van der Waals surface area contributed by atoms with E-state index in [9.17, 15) is 9.90 Å². The third kappa shape index (κ3) is 5.71. The van der Waals surface area contributed by atoms with Crippen LogP contribution in [-0.2, 0) is 4.74 Å². The molecule has 0 saturated carbocycles. The van der Waals surface area contributed by atoms with E-state index in [-0.39, 0.29) is 62.7 Å². The summed E-state index contributed by atoms with van der Waals surface area (Å²) in [7, 11) is 0. The number of benzene rings is 1. The number of ether oxygens (including phenoxy) is 1. The van der Waals surface area contributed by atoms with Crippen molar-refractivity contribution in [2.24, 2.45) is 0 Å². The fourth-order valence-electron chi connectivity index (χ4n) is 1.05. The van der Waals surface area contributed by atoms with Crippen molar-refractivity contribution >= 4 is 37.8 Å². The molecule has 0 unspecified atom stereocenters. The van der Waals surface area contributed by atoms with Crippen LogP contribution in [0.2, 0.25) is 0 Å². The van der Waals surface area contributed by atoms with Gasteiger partial charge in [-0.05, 0) is 32.9 Å². The predicted molar refractivity (Wildman–Crippen MR) is 66.5 cm³/mol. The van der Waals surface area contributed by atoms with Gasteiger partial charge in [0, 0.05) is 8.95 Å². The third-order valence-corrected chi connectivity index (χ3v) is 2.67. The summed E-state index contributed by atoms with van der Waals surface area (Å²) in [6, 6.07) is 3.05. The minimum atomic E-state index is -0.613. The van der Waals surface area contributed by atoms with Gasteiger partial charge < -0.3 is 9.84 Å². The molecule has 0 heterocycles. The number of rotatable bonds is 1. The Morgan fingerprint density at radius 1 is 1.29 bits per heavy atom. The number of esters is 1. The van der Waals surface area contributed by atoms with Gasteiger partial charge in [-0.15, -0.1) is 0 Å². The molecule has 0 aliphatic carbocycles. The van der Waals surface area contributed by atoms with Crippen LogP contribution in [0.25, 0.3) is 0 Å². The molecule has 6 heteroatoms. The number of hydrogen-bond acceptors (Lipinski definition) is 3. The Morgan fingerprint density at radius 2 is 1.82 bits per heavy atom. The molecular weight excluding hydrogens is 379 g/mol. The average Bonchev–Trinajstić information content (AvgIpc) is 2.08. The minimum Gasteiger partial charge on any atom is -0.871 e. The van der Waals surface area contributed by atoms with Crippen molar-refractivity contribution in [2.75, 3.05) is 0 Å². The summed E-state index contributed by atoms with van der Waals surface area (Å²) in [6.45, 7) is 5.26. The van der Waals surface area contributed by atoms with Crippen molar-refractivity contribution in [1.82, 2.24) is 0 Å². The molecule has 0 amide bonds. The van der Waals surface area contributed by atoms with E-state index in [0.29, 0.717) is 8.95 Å². The van der Waals surface area contributed by atoms with Crippen molar-refractivity contribution in [2.45, 2.75) is 26.4 Å². The van der Waals surface area contributed by atoms with Crippen LogP contribution in [0, 0.1) is 0 Å². The molecule has 0 N–H and O–H groups in total. The fourth-order valence-corrected chi connectivity index (χ4v) is 2.27. The van der Waals surface area contributed by atoms with Gasteiger partial charge in [-0.2, -0.15) is 0 Å². The summed E-state index contributed by atoms with van der Waals surface area (Å²) in [4.78, 5) is 11.7. The largest absolute Gasteiger partial charge is 1.00 e. The van der Waals surface area contributed by atoms with E-state index >= 15 is 0 Å². The van der Waals surface area contributed by atoms with E-state index in [1.165, 1.54) is 6.07 Å². The van der Waals surface area contributed by atoms with Gasteiger partial charge >= 0.3 is 57.4 Å². The Morgan fingerprint density at radius 3 is 2.29 bits per heavy atom. The van der Waals surface area contributed by atoms with Gasteiger partial charge in [-0.25, -0.2) is 4.79 Å². The van der Waals surface area contributed by atoms with Crippen molar-refractivity contribution in [3.63, 3.8) is 0 Å². The number of carbonyl (C=O) groups excluding carboxylic acids is 1. The van der Waals surface area contributed by atoms with Crippen LogP contribution in [0.4, 0.5) is 0 Å². The summed E-state index contributed by atoms with van der Waals surface area (Å²) >= 11 is 6.31. The zero-order chi connectivity index (χ0) is 12.5. The van der Waals surface area contributed by atoms with Crippen molar-refractivity contribution < 1.29 is 66.0 Å². The molecule has 3 nitrogen and oxygen atoms in total. The Bertz CT molecular complexity index is 427. The van der Waals surface area contributed by atoms with Crippen molar-refractivity contribution in [3.8, 4) is 5.75 Å². The summed E-state index contributed by atoms with van der Waals surface area (Å²) in [5.74, 6) is -0.975. The van der Waals surface area contributed by atoms with E-state index in [4.69, 9.17) is 4.74 Å². The molecule has 88 valence electrons. The maximum atomic E-state index is 11.7. The Labute approximate surface area is 160 Å². The normalized spacial score (nSPS) is 10.6. The molecular formula is C11H11Br2KO3. The van der Waals surface area contributed by atoms with Gasteiger partial charge in [0.05, 0.1) is 5.56 Å². The van der Waals surface area contributed by atoms with Crippen LogP contribution in [0.5, 0.6) is 5.75 Å². The summed E-state index contributed by atoms with van der Waals surface area (Å²) < 4.78 is 6.12. The van der Waals surface area contributed by atoms with Gasteiger partial charge in [0.15, 0.2) is 0 Å². The van der Waals surface area contributed by atoms with Crippen LogP contribution in [-0.4, -0.2) is 11.6 Å². The summed E-state index contributed by atoms with van der Waals surface area (Å²) in [6.07, 6.45) is 0. The van der Waals surface area contributed by atoms with Gasteiger partial charge in [0.25, 0.3) is 0 Å². The Kier molecular flexibility index (Phi) is 7.47. The van der Waals surface area contributed by atoms with Crippen molar-refractivity contribution in [1.29, 1.82) is 0 Å². The molecule has 0 aromatic heterocycles. The first-order valence-corrected chi connectivity index (χ1v) is 6.19. The molecule has 0 saturated heterocycles. The topological polar surface area (TPSA) is 49.4 Å². The number of hydrogen-bond donors (Lipinski definition) is 0. The molecule has 17 heavy (non-hydrogen) atoms. The van der Waals surface area contributed by atoms with Gasteiger partial charge in [-0.1, -0.05) is 37.6 Å². The predicted octanol–water partition coefficient (Wildman–Crippen LogP) is 0.244. The molecule has 0 atom stereocenters. The second kappa shape index (κ2) is 7.03. The van der Waals surface area contributed by atoms with Crippen LogP contribution in [0.1, 0.15) is 31.1 Å². The molecule has 1 rings (SSSR count). The SMILES string of the molecule is CC(C)(C)OC(=O)c1cc(Br)cc(Br)c1[O-].[K+]. The molecule has 0 radical (unpaired) electrons. The Balaban J connectivity index is 0.00000256. The monoisotopic (exact) mass is 388 g/mol. The molecule has 0 aliphatic rings. The average molecular weight is 390 g/mol. The molecule has 0 bridgehead atoms.